The quantitative estimate of drug-likeness (QED) is 0.309. The first-order valence-electron chi connectivity index (χ1n) is 12.6. The molecule has 1 atom stereocenters. The number of aliphatic hydroxyl groups excluding tert-OH is 1. The van der Waals surface area contributed by atoms with E-state index in [1.807, 2.05) is 19.1 Å². The number of allylic oxidation sites excluding steroid dienone is 2. The normalized spacial score (nSPS) is 18.7. The Morgan fingerprint density at radius 2 is 1.74 bits per heavy atom. The molecule has 200 valence electrons. The van der Waals surface area contributed by atoms with Crippen LogP contribution < -0.4 is 14.4 Å². The van der Waals surface area contributed by atoms with Gasteiger partial charge in [-0.2, -0.15) is 0 Å². The predicted octanol–water partition coefficient (Wildman–Crippen LogP) is 7.88. The van der Waals surface area contributed by atoms with Crippen LogP contribution in [0.5, 0.6) is 11.5 Å². The summed E-state index contributed by atoms with van der Waals surface area (Å²) in [6.45, 7) is 1.96. The summed E-state index contributed by atoms with van der Waals surface area (Å²) in [6.07, 6.45) is 1.55. The van der Waals surface area contributed by atoms with E-state index in [-0.39, 0.29) is 23.0 Å². The van der Waals surface area contributed by atoms with Crippen molar-refractivity contribution in [1.29, 1.82) is 5.41 Å². The molecule has 0 bridgehead atoms. The van der Waals surface area contributed by atoms with Crippen molar-refractivity contribution in [2.24, 2.45) is 0 Å². The summed E-state index contributed by atoms with van der Waals surface area (Å²) in [6, 6.07) is 17.8. The Morgan fingerprint density at radius 3 is 2.41 bits per heavy atom. The van der Waals surface area contributed by atoms with Gasteiger partial charge in [-0.25, -0.2) is 0 Å². The maximum Gasteiger partial charge on any atom is 0.161 e. The van der Waals surface area contributed by atoms with Gasteiger partial charge in [0.15, 0.2) is 5.78 Å². The van der Waals surface area contributed by atoms with Gasteiger partial charge in [0.25, 0.3) is 0 Å². The average molecular weight is 563 g/mol. The van der Waals surface area contributed by atoms with Crippen molar-refractivity contribution >= 4 is 46.3 Å². The second-order valence-corrected chi connectivity index (χ2v) is 10.4. The largest absolute Gasteiger partial charge is 0.507 e. The van der Waals surface area contributed by atoms with Crippen LogP contribution in [0.2, 0.25) is 10.0 Å². The molecule has 0 fully saturated rings. The number of nitrogens with one attached hydrogen (secondary N) is 1. The predicted molar refractivity (Wildman–Crippen MR) is 156 cm³/mol. The summed E-state index contributed by atoms with van der Waals surface area (Å²) in [4.78, 5) is 15.4. The average Bonchev–Trinajstić information content (AvgIpc) is 2.92. The molecule has 0 amide bonds. The minimum absolute atomic E-state index is 0.0177. The summed E-state index contributed by atoms with van der Waals surface area (Å²) in [5.74, 6) is 0.165. The van der Waals surface area contributed by atoms with E-state index < -0.39 is 5.92 Å². The first-order chi connectivity index (χ1) is 18.7. The van der Waals surface area contributed by atoms with Crippen LogP contribution in [0.15, 0.2) is 77.5 Å². The van der Waals surface area contributed by atoms with Crippen molar-refractivity contribution < 1.29 is 19.4 Å². The number of halogens is 2. The van der Waals surface area contributed by atoms with Gasteiger partial charge < -0.3 is 14.6 Å². The Hall–Kier alpha value is -3.74. The van der Waals surface area contributed by atoms with Crippen LogP contribution in [0.4, 0.5) is 5.69 Å². The molecule has 3 aromatic rings. The minimum atomic E-state index is -0.765. The van der Waals surface area contributed by atoms with Crippen molar-refractivity contribution in [2.45, 2.75) is 32.1 Å². The highest BCUT2D eigenvalue weighted by molar-refractivity contribution is 6.35. The van der Waals surface area contributed by atoms with E-state index in [0.717, 1.165) is 5.56 Å². The van der Waals surface area contributed by atoms with Crippen molar-refractivity contribution in [3.05, 3.63) is 104 Å². The lowest BCUT2D eigenvalue weighted by Crippen LogP contribution is -2.42. The molecule has 39 heavy (non-hydrogen) atoms. The Morgan fingerprint density at radius 1 is 1.00 bits per heavy atom. The summed E-state index contributed by atoms with van der Waals surface area (Å²) in [7, 11) is 3.12. The van der Waals surface area contributed by atoms with E-state index >= 15 is 0 Å². The van der Waals surface area contributed by atoms with E-state index in [1.54, 1.807) is 67.7 Å². The molecule has 6 nitrogen and oxygen atoms in total. The van der Waals surface area contributed by atoms with Crippen LogP contribution in [0.1, 0.15) is 41.9 Å². The number of Topliss-reactive ketones (excluding diaryl/α,β-unsaturated/α-hetero) is 1. The molecule has 1 heterocycles. The number of hydrogen-bond donors (Lipinski definition) is 2. The maximum absolute atomic E-state index is 13.7. The number of carbonyl (C=O) groups excluding carboxylic acids is 1. The molecule has 1 aliphatic heterocycles. The summed E-state index contributed by atoms with van der Waals surface area (Å²) < 4.78 is 11.2. The number of benzene rings is 3. The van der Waals surface area contributed by atoms with Gasteiger partial charge >= 0.3 is 0 Å². The monoisotopic (exact) mass is 562 g/mol. The highest BCUT2D eigenvalue weighted by Gasteiger charge is 2.44. The van der Waals surface area contributed by atoms with E-state index in [0.29, 0.717) is 68.9 Å². The maximum atomic E-state index is 13.7. The van der Waals surface area contributed by atoms with Crippen LogP contribution in [0.3, 0.4) is 0 Å². The van der Waals surface area contributed by atoms with Gasteiger partial charge in [-0.1, -0.05) is 59.1 Å². The molecule has 1 aliphatic carbocycles. The Labute approximate surface area is 237 Å². The number of aliphatic hydroxyl groups is 1. The summed E-state index contributed by atoms with van der Waals surface area (Å²) in [5, 5.41) is 22.2. The molecule has 0 saturated heterocycles. The smallest absolute Gasteiger partial charge is 0.161 e. The standard InChI is InChI=1S/C31H28Cl2N2O4/c1-17-7-9-18(10-8-17)30(37)29-27(21-13-11-19(32)15-22(21)33)28-23(5-4-6-25(28)36)35(31(29)34)24-16-20(38-2)12-14-26(24)39-3/h7-16,27,34,37H,4-6H2,1-3H3/b30-29+,34-31?. The number of methoxy groups -OCH3 is 2. The lowest BCUT2D eigenvalue weighted by molar-refractivity contribution is -0.116. The van der Waals surface area contributed by atoms with E-state index in [9.17, 15) is 15.3 Å². The number of carbonyl (C=O) groups is 1. The van der Waals surface area contributed by atoms with Crippen molar-refractivity contribution in [1.82, 2.24) is 0 Å². The Bertz CT molecular complexity index is 1540. The molecule has 3 aromatic carbocycles. The van der Waals surface area contributed by atoms with Crippen LogP contribution in [0, 0.1) is 12.3 Å². The number of hydrogen-bond acceptors (Lipinski definition) is 5. The molecular weight excluding hydrogens is 535 g/mol. The number of ketones is 1. The molecular formula is C31H28Cl2N2O4. The van der Waals surface area contributed by atoms with Gasteiger partial charge in [0.05, 0.1) is 19.9 Å². The number of nitrogens with zero attached hydrogens (tertiary/aromatic N) is 1. The van der Waals surface area contributed by atoms with Crippen molar-refractivity contribution in [3.8, 4) is 11.5 Å². The van der Waals surface area contributed by atoms with E-state index in [4.69, 9.17) is 32.7 Å². The Kier molecular flexibility index (Phi) is 7.43. The molecule has 2 aliphatic rings. The fraction of sp³-hybridized carbons (Fsp3) is 0.226. The number of ether oxygens (including phenoxy) is 2. The first kappa shape index (κ1) is 26.9. The zero-order valence-corrected chi connectivity index (χ0v) is 23.4. The van der Waals surface area contributed by atoms with Crippen LogP contribution in [0.25, 0.3) is 5.76 Å². The van der Waals surface area contributed by atoms with E-state index in [1.165, 1.54) is 0 Å². The van der Waals surface area contributed by atoms with Gasteiger partial charge in [0.2, 0.25) is 0 Å². The highest BCUT2D eigenvalue weighted by Crippen LogP contribution is 2.51. The molecule has 5 rings (SSSR count). The molecule has 1 unspecified atom stereocenters. The molecule has 8 heteroatoms. The zero-order chi connectivity index (χ0) is 27.8. The van der Waals surface area contributed by atoms with Gasteiger partial charge in [0.1, 0.15) is 23.1 Å². The number of amidine groups is 1. The molecule has 0 saturated carbocycles. The van der Waals surface area contributed by atoms with Gasteiger partial charge in [-0.05, 0) is 49.6 Å². The third-order valence-corrected chi connectivity index (χ3v) is 7.80. The third kappa shape index (κ3) is 4.79. The topological polar surface area (TPSA) is 82.8 Å². The number of rotatable bonds is 5. The minimum Gasteiger partial charge on any atom is -0.507 e. The van der Waals surface area contributed by atoms with Crippen molar-refractivity contribution in [3.63, 3.8) is 0 Å². The second kappa shape index (κ2) is 10.8. The van der Waals surface area contributed by atoms with Gasteiger partial charge in [0, 0.05) is 50.9 Å². The molecule has 0 radical (unpaired) electrons. The SMILES string of the molecule is COc1ccc(OC)c(N2C(=N)/C(=C(/O)c3ccc(C)cc3)C(c3ccc(Cl)cc3Cl)C3=C2CCCC3=O)c1. The van der Waals surface area contributed by atoms with E-state index in [2.05, 4.69) is 0 Å². The zero-order valence-electron chi connectivity index (χ0n) is 21.8. The van der Waals surface area contributed by atoms with Crippen LogP contribution in [-0.2, 0) is 4.79 Å². The van der Waals surface area contributed by atoms with Gasteiger partial charge in [-0.15, -0.1) is 0 Å². The van der Waals surface area contributed by atoms with Crippen LogP contribution in [-0.4, -0.2) is 30.9 Å². The lowest BCUT2D eigenvalue weighted by Gasteiger charge is -2.42. The second-order valence-electron chi connectivity index (χ2n) is 9.59. The highest BCUT2D eigenvalue weighted by atomic mass is 35.5. The summed E-state index contributed by atoms with van der Waals surface area (Å²) >= 11 is 12.9. The number of anilines is 1. The third-order valence-electron chi connectivity index (χ3n) is 7.24. The Balaban J connectivity index is 1.87. The lowest BCUT2D eigenvalue weighted by atomic mass is 9.73. The van der Waals surface area contributed by atoms with Crippen molar-refractivity contribution in [2.75, 3.05) is 19.1 Å². The molecule has 0 spiro atoms. The van der Waals surface area contributed by atoms with Crippen LogP contribution >= 0.6 is 23.2 Å². The first-order valence-corrected chi connectivity index (χ1v) is 13.3. The molecule has 0 aromatic heterocycles. The summed E-state index contributed by atoms with van der Waals surface area (Å²) in [5.41, 5.74) is 4.14. The van der Waals surface area contributed by atoms with Gasteiger partial charge in [-0.3, -0.25) is 15.1 Å². The number of aryl methyl sites for hydroxylation is 1. The fourth-order valence-electron chi connectivity index (χ4n) is 5.34. The molecule has 2 N–H and O–H groups in total. The fourth-order valence-corrected chi connectivity index (χ4v) is 5.86.